The summed E-state index contributed by atoms with van der Waals surface area (Å²) in [6, 6.07) is 5.68. The van der Waals surface area contributed by atoms with E-state index in [1.807, 2.05) is 25.1 Å². The fraction of sp³-hybridized carbons (Fsp3) is 0.542. The lowest BCUT2D eigenvalue weighted by Crippen LogP contribution is -2.34. The first kappa shape index (κ1) is 22.3. The second kappa shape index (κ2) is 9.30. The van der Waals surface area contributed by atoms with Crippen LogP contribution in [0.5, 0.6) is 11.8 Å². The molecule has 7 nitrogen and oxygen atoms in total. The topological polar surface area (TPSA) is 76.6 Å². The largest absolute Gasteiger partial charge is 0.479 e. The monoisotopic (exact) mass is 442 g/mol. The van der Waals surface area contributed by atoms with E-state index in [9.17, 15) is 9.18 Å². The fourth-order valence-electron chi connectivity index (χ4n) is 4.55. The molecular weight excluding hydrogens is 411 g/mol. The number of anilines is 2. The molecule has 1 N–H and O–H groups in total. The fourth-order valence-corrected chi connectivity index (χ4v) is 4.55. The standard InChI is InChI=1S/C24H31FN4O3/c1-14-7-5-10-17-18(14)12-29(13-19(17)25)24-27-22(31-3)21(23(28-24)32-4)26-20(30)11-15(2)16-8-6-9-16/h5,7,10,15-16,19H,6,8-9,11-13H2,1-4H3,(H,26,30). The number of ether oxygens (including phenoxy) is 2. The van der Waals surface area contributed by atoms with E-state index in [-0.39, 0.29) is 24.2 Å². The number of aryl methyl sites for hydroxylation is 1. The summed E-state index contributed by atoms with van der Waals surface area (Å²) in [7, 11) is 2.96. The third-order valence-electron chi connectivity index (χ3n) is 6.74. The molecule has 172 valence electrons. The van der Waals surface area contributed by atoms with Crippen LogP contribution in [0.25, 0.3) is 0 Å². The van der Waals surface area contributed by atoms with E-state index < -0.39 is 6.17 Å². The molecule has 1 aliphatic heterocycles. The highest BCUT2D eigenvalue weighted by molar-refractivity contribution is 5.93. The van der Waals surface area contributed by atoms with Crippen molar-refractivity contribution in [3.8, 4) is 11.8 Å². The average molecular weight is 443 g/mol. The predicted molar refractivity (Wildman–Crippen MR) is 121 cm³/mol. The van der Waals surface area contributed by atoms with Gasteiger partial charge in [-0.1, -0.05) is 44.4 Å². The van der Waals surface area contributed by atoms with E-state index in [1.165, 1.54) is 33.5 Å². The molecule has 32 heavy (non-hydrogen) atoms. The van der Waals surface area contributed by atoms with Gasteiger partial charge >= 0.3 is 0 Å². The number of hydrogen-bond donors (Lipinski definition) is 1. The van der Waals surface area contributed by atoms with Gasteiger partial charge in [0.1, 0.15) is 6.17 Å². The zero-order valence-corrected chi connectivity index (χ0v) is 19.2. The van der Waals surface area contributed by atoms with Crippen LogP contribution in [0.3, 0.4) is 0 Å². The number of fused-ring (bicyclic) bond motifs is 1. The van der Waals surface area contributed by atoms with Crippen molar-refractivity contribution in [2.24, 2.45) is 11.8 Å². The Morgan fingerprint density at radius 3 is 2.53 bits per heavy atom. The third-order valence-corrected chi connectivity index (χ3v) is 6.74. The van der Waals surface area contributed by atoms with Crippen molar-refractivity contribution in [1.29, 1.82) is 0 Å². The molecule has 1 aliphatic carbocycles. The molecule has 0 spiro atoms. The summed E-state index contributed by atoms with van der Waals surface area (Å²) < 4.78 is 25.8. The zero-order valence-electron chi connectivity index (χ0n) is 19.2. The number of carbonyl (C=O) groups excluding carboxylic acids is 1. The van der Waals surface area contributed by atoms with Crippen LogP contribution in [0, 0.1) is 18.8 Å². The van der Waals surface area contributed by atoms with Gasteiger partial charge < -0.3 is 19.7 Å². The molecule has 1 aromatic carbocycles. The molecule has 2 heterocycles. The quantitative estimate of drug-likeness (QED) is 0.676. The number of amides is 1. The van der Waals surface area contributed by atoms with Crippen LogP contribution >= 0.6 is 0 Å². The number of carbonyl (C=O) groups is 1. The number of nitrogens with zero attached hydrogens (tertiary/aromatic N) is 3. The number of methoxy groups -OCH3 is 2. The molecule has 4 rings (SSSR count). The van der Waals surface area contributed by atoms with E-state index in [0.717, 1.165) is 11.1 Å². The van der Waals surface area contributed by atoms with Gasteiger partial charge in [-0.2, -0.15) is 9.97 Å². The molecule has 1 fully saturated rings. The van der Waals surface area contributed by atoms with Crippen molar-refractivity contribution < 1.29 is 18.7 Å². The van der Waals surface area contributed by atoms with Crippen LogP contribution < -0.4 is 19.7 Å². The van der Waals surface area contributed by atoms with Crippen molar-refractivity contribution in [3.63, 3.8) is 0 Å². The Balaban J connectivity index is 1.57. The molecule has 0 saturated heterocycles. The van der Waals surface area contributed by atoms with E-state index in [2.05, 4.69) is 22.2 Å². The van der Waals surface area contributed by atoms with Gasteiger partial charge in [0.25, 0.3) is 0 Å². The summed E-state index contributed by atoms with van der Waals surface area (Å²) in [5.41, 5.74) is 2.98. The summed E-state index contributed by atoms with van der Waals surface area (Å²) in [5.74, 6) is 1.51. The van der Waals surface area contributed by atoms with Crippen molar-refractivity contribution in [2.45, 2.75) is 52.2 Å². The van der Waals surface area contributed by atoms with Gasteiger partial charge in [0.2, 0.25) is 23.6 Å². The Hall–Kier alpha value is -2.90. The van der Waals surface area contributed by atoms with E-state index in [0.29, 0.717) is 42.0 Å². The minimum atomic E-state index is -1.15. The smallest absolute Gasteiger partial charge is 0.246 e. The normalized spacial score (nSPS) is 19.0. The SMILES string of the molecule is COc1nc(N2Cc3c(C)cccc3C(F)C2)nc(OC)c1NC(=O)CC(C)C1CCC1. The maximum Gasteiger partial charge on any atom is 0.246 e. The molecule has 0 bridgehead atoms. The molecule has 8 heteroatoms. The molecular formula is C24H31FN4O3. The van der Waals surface area contributed by atoms with Gasteiger partial charge in [-0.15, -0.1) is 0 Å². The Morgan fingerprint density at radius 2 is 1.94 bits per heavy atom. The van der Waals surface area contributed by atoms with Crippen LogP contribution in [-0.4, -0.2) is 36.6 Å². The highest BCUT2D eigenvalue weighted by Gasteiger charge is 2.30. The number of alkyl halides is 1. The minimum absolute atomic E-state index is 0.122. The lowest BCUT2D eigenvalue weighted by Gasteiger charge is -2.32. The molecule has 1 amide bonds. The second-order valence-electron chi connectivity index (χ2n) is 8.83. The molecule has 1 aromatic heterocycles. The number of benzene rings is 1. The van der Waals surface area contributed by atoms with Gasteiger partial charge in [0.15, 0.2) is 5.69 Å². The summed E-state index contributed by atoms with van der Waals surface area (Å²) in [4.78, 5) is 23.4. The molecule has 2 aliphatic rings. The molecule has 2 aromatic rings. The Bertz CT molecular complexity index is 970. The summed E-state index contributed by atoms with van der Waals surface area (Å²) >= 11 is 0. The van der Waals surface area contributed by atoms with Crippen molar-refractivity contribution in [1.82, 2.24) is 9.97 Å². The summed E-state index contributed by atoms with van der Waals surface area (Å²) in [6.45, 7) is 4.70. The molecule has 1 saturated carbocycles. The van der Waals surface area contributed by atoms with Crippen LogP contribution in [0.1, 0.15) is 55.5 Å². The summed E-state index contributed by atoms with van der Waals surface area (Å²) in [5, 5.41) is 2.87. The van der Waals surface area contributed by atoms with Crippen molar-refractivity contribution >= 4 is 17.5 Å². The van der Waals surface area contributed by atoms with Gasteiger partial charge in [0.05, 0.1) is 20.8 Å². The maximum absolute atomic E-state index is 14.9. The highest BCUT2D eigenvalue weighted by Crippen LogP contribution is 2.38. The molecule has 2 atom stereocenters. The molecule has 0 radical (unpaired) electrons. The molecule has 2 unspecified atom stereocenters. The lowest BCUT2D eigenvalue weighted by molar-refractivity contribution is -0.117. The second-order valence-corrected chi connectivity index (χ2v) is 8.83. The van der Waals surface area contributed by atoms with Gasteiger partial charge in [-0.25, -0.2) is 4.39 Å². The Labute approximate surface area is 188 Å². The van der Waals surface area contributed by atoms with Crippen LogP contribution in [0.2, 0.25) is 0 Å². The van der Waals surface area contributed by atoms with Crippen LogP contribution in [-0.2, 0) is 11.3 Å². The maximum atomic E-state index is 14.9. The van der Waals surface area contributed by atoms with Crippen molar-refractivity contribution in [2.75, 3.05) is 31.0 Å². The summed E-state index contributed by atoms with van der Waals surface area (Å²) in [6.07, 6.45) is 2.89. The van der Waals surface area contributed by atoms with E-state index in [1.54, 1.807) is 4.90 Å². The van der Waals surface area contributed by atoms with Crippen LogP contribution in [0.4, 0.5) is 16.0 Å². The first-order valence-corrected chi connectivity index (χ1v) is 11.2. The number of nitrogens with one attached hydrogen (secondary N) is 1. The average Bonchev–Trinajstić information content (AvgIpc) is 2.73. The van der Waals surface area contributed by atoms with Crippen LogP contribution in [0.15, 0.2) is 18.2 Å². The number of rotatable bonds is 7. The minimum Gasteiger partial charge on any atom is -0.479 e. The number of aromatic nitrogens is 2. The van der Waals surface area contributed by atoms with E-state index >= 15 is 0 Å². The van der Waals surface area contributed by atoms with Gasteiger partial charge in [-0.05, 0) is 35.4 Å². The van der Waals surface area contributed by atoms with Crippen molar-refractivity contribution in [3.05, 3.63) is 34.9 Å². The van der Waals surface area contributed by atoms with Gasteiger partial charge in [-0.3, -0.25) is 4.79 Å². The van der Waals surface area contributed by atoms with Gasteiger partial charge in [0, 0.05) is 13.0 Å². The highest BCUT2D eigenvalue weighted by atomic mass is 19.1. The Kier molecular flexibility index (Phi) is 6.48. The van der Waals surface area contributed by atoms with E-state index in [4.69, 9.17) is 9.47 Å². The number of hydrogen-bond acceptors (Lipinski definition) is 6. The first-order valence-electron chi connectivity index (χ1n) is 11.2. The Morgan fingerprint density at radius 1 is 1.25 bits per heavy atom. The third kappa shape index (κ3) is 4.36. The lowest BCUT2D eigenvalue weighted by atomic mass is 9.75. The first-order chi connectivity index (χ1) is 15.4. The number of halogens is 1. The zero-order chi connectivity index (χ0) is 22.8. The predicted octanol–water partition coefficient (Wildman–Crippen LogP) is 4.60.